The second-order valence-corrected chi connectivity index (χ2v) is 6.03. The van der Waals surface area contributed by atoms with Gasteiger partial charge in [-0.15, -0.1) is 0 Å². The first kappa shape index (κ1) is 14.1. The maximum Gasteiger partial charge on any atom is 0.257 e. The standard InChI is InChI=1S/C12H18N8S/c1-21-9-4-3-8(7-9)15-10-16-11(19-13)18-12(17-10)20-6-2-5-14-20/h2,5-6,8-9H,3-4,7,13H2,1H3,(H2,15,16,17,18,19). The highest BCUT2D eigenvalue weighted by Gasteiger charge is 2.24. The molecule has 0 saturated heterocycles. The molecule has 1 saturated carbocycles. The monoisotopic (exact) mass is 306 g/mol. The van der Waals surface area contributed by atoms with Crippen LogP contribution in [0.15, 0.2) is 18.5 Å². The summed E-state index contributed by atoms with van der Waals surface area (Å²) in [5, 5.41) is 8.20. The minimum atomic E-state index is 0.317. The highest BCUT2D eigenvalue weighted by molar-refractivity contribution is 7.99. The van der Waals surface area contributed by atoms with E-state index in [0.717, 1.165) is 12.8 Å². The molecule has 9 heteroatoms. The van der Waals surface area contributed by atoms with Gasteiger partial charge in [0.15, 0.2) is 0 Å². The summed E-state index contributed by atoms with van der Waals surface area (Å²) in [4.78, 5) is 12.9. The average Bonchev–Trinajstić information content (AvgIpc) is 3.18. The van der Waals surface area contributed by atoms with Gasteiger partial charge in [-0.2, -0.15) is 31.8 Å². The normalized spacial score (nSPS) is 21.4. The van der Waals surface area contributed by atoms with Crippen LogP contribution in [0.2, 0.25) is 0 Å². The summed E-state index contributed by atoms with van der Waals surface area (Å²) in [6.45, 7) is 0. The third kappa shape index (κ3) is 3.24. The number of rotatable bonds is 5. The fourth-order valence-electron chi connectivity index (χ4n) is 2.45. The minimum Gasteiger partial charge on any atom is -0.351 e. The van der Waals surface area contributed by atoms with Gasteiger partial charge in [0.25, 0.3) is 5.95 Å². The van der Waals surface area contributed by atoms with Crippen molar-refractivity contribution < 1.29 is 0 Å². The smallest absolute Gasteiger partial charge is 0.257 e. The van der Waals surface area contributed by atoms with Crippen LogP contribution < -0.4 is 16.6 Å². The molecule has 112 valence electrons. The lowest BCUT2D eigenvalue weighted by atomic mass is 10.2. The van der Waals surface area contributed by atoms with Gasteiger partial charge < -0.3 is 5.32 Å². The van der Waals surface area contributed by atoms with Gasteiger partial charge in [-0.1, -0.05) is 0 Å². The first-order valence-corrected chi connectivity index (χ1v) is 8.09. The molecule has 4 N–H and O–H groups in total. The number of nitrogens with zero attached hydrogens (tertiary/aromatic N) is 5. The van der Waals surface area contributed by atoms with E-state index in [2.05, 4.69) is 37.0 Å². The zero-order valence-electron chi connectivity index (χ0n) is 11.7. The molecule has 0 spiro atoms. The van der Waals surface area contributed by atoms with Crippen LogP contribution in [0.25, 0.3) is 5.95 Å². The highest BCUT2D eigenvalue weighted by Crippen LogP contribution is 2.29. The van der Waals surface area contributed by atoms with Crippen molar-refractivity contribution in [3.63, 3.8) is 0 Å². The summed E-state index contributed by atoms with van der Waals surface area (Å²) >= 11 is 1.92. The molecular formula is C12H18N8S. The molecule has 2 unspecified atom stereocenters. The van der Waals surface area contributed by atoms with Crippen molar-refractivity contribution in [2.24, 2.45) is 5.84 Å². The Hall–Kier alpha value is -1.87. The first-order valence-electron chi connectivity index (χ1n) is 6.80. The molecule has 0 aliphatic heterocycles. The van der Waals surface area contributed by atoms with Gasteiger partial charge >= 0.3 is 0 Å². The highest BCUT2D eigenvalue weighted by atomic mass is 32.2. The number of nitrogens with one attached hydrogen (secondary N) is 2. The fourth-order valence-corrected chi connectivity index (χ4v) is 3.25. The lowest BCUT2D eigenvalue weighted by Crippen LogP contribution is -2.21. The number of aromatic nitrogens is 5. The Morgan fingerprint density at radius 1 is 1.29 bits per heavy atom. The quantitative estimate of drug-likeness (QED) is 0.555. The Bertz CT molecular complexity index is 587. The average molecular weight is 306 g/mol. The molecule has 2 heterocycles. The van der Waals surface area contributed by atoms with Crippen LogP contribution in [-0.2, 0) is 0 Å². The van der Waals surface area contributed by atoms with E-state index >= 15 is 0 Å². The van der Waals surface area contributed by atoms with Crippen LogP contribution in [0, 0.1) is 0 Å². The first-order chi connectivity index (χ1) is 10.3. The molecule has 0 aromatic carbocycles. The Balaban J connectivity index is 1.80. The molecule has 8 nitrogen and oxygen atoms in total. The summed E-state index contributed by atoms with van der Waals surface area (Å²) in [5.41, 5.74) is 2.47. The Labute approximate surface area is 126 Å². The molecule has 3 rings (SSSR count). The number of thioether (sulfide) groups is 1. The second kappa shape index (κ2) is 6.27. The number of nitrogens with two attached hydrogens (primary N) is 1. The molecule has 1 aliphatic carbocycles. The predicted molar refractivity (Wildman–Crippen MR) is 83.3 cm³/mol. The van der Waals surface area contributed by atoms with Crippen molar-refractivity contribution in [3.8, 4) is 5.95 Å². The molecule has 0 bridgehead atoms. The lowest BCUT2D eigenvalue weighted by Gasteiger charge is -2.13. The van der Waals surface area contributed by atoms with Crippen molar-refractivity contribution in [2.75, 3.05) is 17.0 Å². The van der Waals surface area contributed by atoms with Gasteiger partial charge in [-0.05, 0) is 31.6 Å². The van der Waals surface area contributed by atoms with E-state index in [1.54, 1.807) is 17.1 Å². The number of hydrazine groups is 1. The van der Waals surface area contributed by atoms with Gasteiger partial charge in [-0.25, -0.2) is 10.5 Å². The molecule has 0 amide bonds. The topological polar surface area (TPSA) is 107 Å². The van der Waals surface area contributed by atoms with Gasteiger partial charge in [0.05, 0.1) is 0 Å². The van der Waals surface area contributed by atoms with Gasteiger partial charge in [0.2, 0.25) is 11.9 Å². The van der Waals surface area contributed by atoms with E-state index in [1.165, 1.54) is 6.42 Å². The molecule has 21 heavy (non-hydrogen) atoms. The summed E-state index contributed by atoms with van der Waals surface area (Å²) < 4.78 is 1.58. The Morgan fingerprint density at radius 3 is 2.81 bits per heavy atom. The number of anilines is 2. The van der Waals surface area contributed by atoms with Crippen molar-refractivity contribution in [2.45, 2.75) is 30.6 Å². The zero-order valence-corrected chi connectivity index (χ0v) is 12.5. The van der Waals surface area contributed by atoms with Crippen LogP contribution in [0.3, 0.4) is 0 Å². The fraction of sp³-hybridized carbons (Fsp3) is 0.500. The SMILES string of the molecule is CSC1CCC(Nc2nc(NN)nc(-n3cccn3)n2)C1. The van der Waals surface area contributed by atoms with E-state index in [0.29, 0.717) is 29.1 Å². The van der Waals surface area contributed by atoms with Crippen molar-refractivity contribution in [1.29, 1.82) is 0 Å². The Morgan fingerprint density at radius 2 is 2.14 bits per heavy atom. The Kier molecular flexibility index (Phi) is 4.20. The molecule has 2 aromatic rings. The van der Waals surface area contributed by atoms with Crippen LogP contribution in [0.1, 0.15) is 19.3 Å². The van der Waals surface area contributed by atoms with Crippen LogP contribution in [-0.4, -0.2) is 42.3 Å². The molecule has 2 aromatic heterocycles. The van der Waals surface area contributed by atoms with Crippen LogP contribution >= 0.6 is 11.8 Å². The number of nitrogen functional groups attached to an aromatic ring is 1. The summed E-state index contributed by atoms with van der Waals surface area (Å²) in [5.74, 6) is 6.70. The summed E-state index contributed by atoms with van der Waals surface area (Å²) in [7, 11) is 0. The van der Waals surface area contributed by atoms with Crippen molar-refractivity contribution >= 4 is 23.7 Å². The van der Waals surface area contributed by atoms with Gasteiger partial charge in [0.1, 0.15) is 0 Å². The van der Waals surface area contributed by atoms with E-state index in [1.807, 2.05) is 17.8 Å². The van der Waals surface area contributed by atoms with E-state index in [4.69, 9.17) is 5.84 Å². The maximum absolute atomic E-state index is 5.43. The molecular weight excluding hydrogens is 288 g/mol. The third-order valence-electron chi connectivity index (χ3n) is 3.51. The third-order valence-corrected chi connectivity index (χ3v) is 4.61. The predicted octanol–water partition coefficient (Wildman–Crippen LogP) is 1.04. The number of hydrogen-bond donors (Lipinski definition) is 3. The largest absolute Gasteiger partial charge is 0.351 e. The zero-order chi connectivity index (χ0) is 14.7. The summed E-state index contributed by atoms with van der Waals surface area (Å²) in [6.07, 6.45) is 9.07. The molecule has 1 fully saturated rings. The van der Waals surface area contributed by atoms with Gasteiger partial charge in [-0.3, -0.25) is 5.43 Å². The van der Waals surface area contributed by atoms with Crippen molar-refractivity contribution in [3.05, 3.63) is 18.5 Å². The molecule has 0 radical (unpaired) electrons. The summed E-state index contributed by atoms with van der Waals surface area (Å²) in [6, 6.07) is 2.20. The lowest BCUT2D eigenvalue weighted by molar-refractivity contribution is 0.734. The maximum atomic E-state index is 5.43. The minimum absolute atomic E-state index is 0.317. The number of hydrogen-bond acceptors (Lipinski definition) is 8. The van der Waals surface area contributed by atoms with Gasteiger partial charge in [0, 0.05) is 23.7 Å². The molecule has 2 atom stereocenters. The second-order valence-electron chi connectivity index (χ2n) is 4.89. The van der Waals surface area contributed by atoms with E-state index < -0.39 is 0 Å². The van der Waals surface area contributed by atoms with Crippen LogP contribution in [0.5, 0.6) is 0 Å². The van der Waals surface area contributed by atoms with E-state index in [9.17, 15) is 0 Å². The van der Waals surface area contributed by atoms with Crippen LogP contribution in [0.4, 0.5) is 11.9 Å². The van der Waals surface area contributed by atoms with E-state index in [-0.39, 0.29) is 0 Å². The van der Waals surface area contributed by atoms with Crippen molar-refractivity contribution in [1.82, 2.24) is 24.7 Å². The molecule has 1 aliphatic rings.